The Hall–Kier alpha value is -0.780. The van der Waals surface area contributed by atoms with Crippen molar-refractivity contribution in [2.75, 3.05) is 0 Å². The van der Waals surface area contributed by atoms with Gasteiger partial charge in [-0.1, -0.05) is 19.1 Å². The average molecular weight is 316 g/mol. The van der Waals surface area contributed by atoms with E-state index in [0.29, 0.717) is 21.6 Å². The van der Waals surface area contributed by atoms with Crippen molar-refractivity contribution in [1.82, 2.24) is 4.98 Å². The maximum atomic E-state index is 13.2. The highest BCUT2D eigenvalue weighted by Gasteiger charge is 2.33. The van der Waals surface area contributed by atoms with Gasteiger partial charge in [-0.05, 0) is 40.0 Å². The van der Waals surface area contributed by atoms with Crippen LogP contribution in [0.4, 0.5) is 4.39 Å². The van der Waals surface area contributed by atoms with E-state index in [1.165, 1.54) is 23.5 Å². The first-order valence-electron chi connectivity index (χ1n) is 5.16. The van der Waals surface area contributed by atoms with Crippen molar-refractivity contribution in [3.8, 4) is 0 Å². The van der Waals surface area contributed by atoms with Gasteiger partial charge in [0.15, 0.2) is 0 Å². The van der Waals surface area contributed by atoms with Crippen LogP contribution in [0, 0.1) is 5.82 Å². The maximum absolute atomic E-state index is 13.2. The summed E-state index contributed by atoms with van der Waals surface area (Å²) < 4.78 is 13.9. The van der Waals surface area contributed by atoms with E-state index in [1.807, 2.05) is 6.92 Å². The molecule has 0 saturated carbocycles. The summed E-state index contributed by atoms with van der Waals surface area (Å²) in [7, 11) is 0. The number of hydrogen-bond acceptors (Lipinski definition) is 3. The summed E-state index contributed by atoms with van der Waals surface area (Å²) in [4.78, 5) is 4.22. The molecular weight excluding hydrogens is 305 g/mol. The summed E-state index contributed by atoms with van der Waals surface area (Å²) in [6.07, 6.45) is 0.441. The molecule has 0 amide bonds. The van der Waals surface area contributed by atoms with Gasteiger partial charge in [-0.3, -0.25) is 0 Å². The Balaban J connectivity index is 2.51. The van der Waals surface area contributed by atoms with Crippen molar-refractivity contribution >= 4 is 27.3 Å². The van der Waals surface area contributed by atoms with Gasteiger partial charge in [-0.15, -0.1) is 11.3 Å². The Morgan fingerprint density at radius 1 is 1.53 bits per heavy atom. The molecule has 0 spiro atoms. The molecular formula is C12H11BrFNOS. The van der Waals surface area contributed by atoms with E-state index in [9.17, 15) is 9.50 Å². The zero-order chi connectivity index (χ0) is 12.5. The molecule has 17 heavy (non-hydrogen) atoms. The number of nitrogens with zero attached hydrogens (tertiary/aromatic N) is 1. The predicted molar refractivity (Wildman–Crippen MR) is 69.5 cm³/mol. The van der Waals surface area contributed by atoms with Gasteiger partial charge in [0.25, 0.3) is 0 Å². The third-order valence-corrected chi connectivity index (χ3v) is 4.35. The lowest BCUT2D eigenvalue weighted by Gasteiger charge is -2.24. The Kier molecular flexibility index (Phi) is 3.61. The SMILES string of the molecule is CCC(O)(c1cccc(F)c1)c1nc(Br)cs1. The first-order chi connectivity index (χ1) is 8.06. The smallest absolute Gasteiger partial charge is 0.141 e. The second kappa shape index (κ2) is 4.84. The van der Waals surface area contributed by atoms with Gasteiger partial charge in [0.2, 0.25) is 0 Å². The lowest BCUT2D eigenvalue weighted by atomic mass is 9.92. The van der Waals surface area contributed by atoms with Gasteiger partial charge in [0.05, 0.1) is 0 Å². The van der Waals surface area contributed by atoms with Crippen LogP contribution in [0.1, 0.15) is 23.9 Å². The molecule has 0 aliphatic rings. The number of rotatable bonds is 3. The van der Waals surface area contributed by atoms with Crippen molar-refractivity contribution in [3.63, 3.8) is 0 Å². The standard InChI is InChI=1S/C12H11BrFNOS/c1-2-12(16,11-15-10(13)7-17-11)8-4-3-5-9(14)6-8/h3-7,16H,2H2,1H3. The van der Waals surface area contributed by atoms with Gasteiger partial charge in [-0.25, -0.2) is 9.37 Å². The van der Waals surface area contributed by atoms with Crippen molar-refractivity contribution in [2.45, 2.75) is 18.9 Å². The molecule has 1 atom stereocenters. The molecule has 1 N–H and O–H groups in total. The van der Waals surface area contributed by atoms with Gasteiger partial charge in [0, 0.05) is 5.38 Å². The molecule has 2 nitrogen and oxygen atoms in total. The molecule has 1 heterocycles. The molecule has 2 aromatic rings. The second-order valence-corrected chi connectivity index (χ2v) is 5.37. The number of halogens is 2. The minimum atomic E-state index is -1.22. The Morgan fingerprint density at radius 2 is 2.29 bits per heavy atom. The van der Waals surface area contributed by atoms with Crippen LogP contribution in [0.25, 0.3) is 0 Å². The molecule has 5 heteroatoms. The highest BCUT2D eigenvalue weighted by atomic mass is 79.9. The Bertz CT molecular complexity index is 531. The van der Waals surface area contributed by atoms with Crippen LogP contribution >= 0.6 is 27.3 Å². The Labute approximate surface area is 111 Å². The normalized spacial score (nSPS) is 14.6. The molecule has 1 unspecified atom stereocenters. The minimum absolute atomic E-state index is 0.356. The van der Waals surface area contributed by atoms with Gasteiger partial charge < -0.3 is 5.11 Å². The molecule has 1 aromatic heterocycles. The van der Waals surface area contributed by atoms with Crippen molar-refractivity contribution in [1.29, 1.82) is 0 Å². The van der Waals surface area contributed by atoms with E-state index < -0.39 is 5.60 Å². The number of hydrogen-bond donors (Lipinski definition) is 1. The van der Waals surface area contributed by atoms with E-state index in [0.717, 1.165) is 0 Å². The molecule has 0 bridgehead atoms. The van der Waals surface area contributed by atoms with Gasteiger partial charge in [-0.2, -0.15) is 0 Å². The summed E-state index contributed by atoms with van der Waals surface area (Å²) in [6.45, 7) is 1.85. The fourth-order valence-corrected chi connectivity index (χ4v) is 3.11. The highest BCUT2D eigenvalue weighted by Crippen LogP contribution is 2.35. The molecule has 0 aliphatic heterocycles. The first kappa shape index (κ1) is 12.7. The lowest BCUT2D eigenvalue weighted by molar-refractivity contribution is 0.0757. The largest absolute Gasteiger partial charge is 0.378 e. The summed E-state index contributed by atoms with van der Waals surface area (Å²) >= 11 is 4.61. The molecule has 0 saturated heterocycles. The number of aromatic nitrogens is 1. The molecule has 0 aliphatic carbocycles. The van der Waals surface area contributed by atoms with E-state index >= 15 is 0 Å². The fourth-order valence-electron chi connectivity index (χ4n) is 1.67. The number of thiazole rings is 1. The molecule has 1 aromatic carbocycles. The minimum Gasteiger partial charge on any atom is -0.378 e. The van der Waals surface area contributed by atoms with E-state index in [4.69, 9.17) is 0 Å². The van der Waals surface area contributed by atoms with Crippen LogP contribution in [0.3, 0.4) is 0 Å². The van der Waals surface area contributed by atoms with Crippen LogP contribution in [0.2, 0.25) is 0 Å². The molecule has 2 rings (SSSR count). The number of benzene rings is 1. The zero-order valence-corrected chi connectivity index (χ0v) is 11.6. The monoisotopic (exact) mass is 315 g/mol. The zero-order valence-electron chi connectivity index (χ0n) is 9.15. The summed E-state index contributed by atoms with van der Waals surface area (Å²) in [5.74, 6) is -0.356. The lowest BCUT2D eigenvalue weighted by Crippen LogP contribution is -2.26. The first-order valence-corrected chi connectivity index (χ1v) is 6.83. The molecule has 0 fully saturated rings. The van der Waals surface area contributed by atoms with Gasteiger partial charge >= 0.3 is 0 Å². The van der Waals surface area contributed by atoms with Crippen LogP contribution < -0.4 is 0 Å². The van der Waals surface area contributed by atoms with Crippen molar-refractivity contribution in [3.05, 3.63) is 50.6 Å². The summed E-state index contributed by atoms with van der Waals surface area (Å²) in [5.41, 5.74) is -0.694. The summed E-state index contributed by atoms with van der Waals surface area (Å²) in [6, 6.07) is 6.01. The van der Waals surface area contributed by atoms with Crippen LogP contribution in [0.5, 0.6) is 0 Å². The highest BCUT2D eigenvalue weighted by molar-refractivity contribution is 9.10. The third kappa shape index (κ3) is 2.41. The van der Waals surface area contributed by atoms with E-state index in [1.54, 1.807) is 17.5 Å². The quantitative estimate of drug-likeness (QED) is 0.937. The molecule has 0 radical (unpaired) electrons. The topological polar surface area (TPSA) is 33.1 Å². The van der Waals surface area contributed by atoms with Crippen LogP contribution in [0.15, 0.2) is 34.2 Å². The van der Waals surface area contributed by atoms with Gasteiger partial charge in [0.1, 0.15) is 21.0 Å². The van der Waals surface area contributed by atoms with Crippen molar-refractivity contribution < 1.29 is 9.50 Å². The maximum Gasteiger partial charge on any atom is 0.141 e. The Morgan fingerprint density at radius 3 is 2.82 bits per heavy atom. The second-order valence-electron chi connectivity index (χ2n) is 3.70. The fraction of sp³-hybridized carbons (Fsp3) is 0.250. The molecule has 90 valence electrons. The third-order valence-electron chi connectivity index (χ3n) is 2.64. The summed E-state index contributed by atoms with van der Waals surface area (Å²) in [5, 5.41) is 13.0. The van der Waals surface area contributed by atoms with E-state index in [-0.39, 0.29) is 5.82 Å². The van der Waals surface area contributed by atoms with E-state index in [2.05, 4.69) is 20.9 Å². The van der Waals surface area contributed by atoms with Crippen LogP contribution in [-0.2, 0) is 5.60 Å². The van der Waals surface area contributed by atoms with Crippen molar-refractivity contribution in [2.24, 2.45) is 0 Å². The predicted octanol–water partition coefficient (Wildman–Crippen LogP) is 3.69. The van der Waals surface area contributed by atoms with Crippen LogP contribution in [-0.4, -0.2) is 10.1 Å². The number of aliphatic hydroxyl groups is 1. The average Bonchev–Trinajstić information content (AvgIpc) is 2.75.